The van der Waals surface area contributed by atoms with Gasteiger partial charge in [0.1, 0.15) is 16.6 Å². The van der Waals surface area contributed by atoms with Gasteiger partial charge in [-0.2, -0.15) is 4.72 Å². The fourth-order valence-electron chi connectivity index (χ4n) is 1.66. The highest BCUT2D eigenvalue weighted by molar-refractivity contribution is 7.89. The van der Waals surface area contributed by atoms with Crippen LogP contribution in [-0.2, 0) is 19.6 Å². The van der Waals surface area contributed by atoms with Gasteiger partial charge in [0, 0.05) is 6.20 Å². The molecule has 1 rings (SSSR count). The standard InChI is InChI=1S/C13H18N2O6S/c1-3-4-5-10(12(16)17)15-22(19,20)9-6-7-11(14-8-9)13(18)21-2/h6-8,10,15H,3-5H2,1-2H3,(H,16,17)/t10-/m0/s1. The van der Waals surface area contributed by atoms with Crippen LogP contribution in [0.2, 0.25) is 0 Å². The van der Waals surface area contributed by atoms with Crippen molar-refractivity contribution < 1.29 is 27.9 Å². The molecular weight excluding hydrogens is 312 g/mol. The largest absolute Gasteiger partial charge is 0.480 e. The summed E-state index contributed by atoms with van der Waals surface area (Å²) in [5.41, 5.74) is -0.0396. The maximum atomic E-state index is 12.1. The van der Waals surface area contributed by atoms with Gasteiger partial charge < -0.3 is 9.84 Å². The first-order valence-electron chi connectivity index (χ1n) is 6.61. The number of ether oxygens (including phenoxy) is 1. The zero-order valence-corrected chi connectivity index (χ0v) is 13.1. The summed E-state index contributed by atoms with van der Waals surface area (Å²) in [5, 5.41) is 9.06. The molecule has 0 aliphatic rings. The number of pyridine rings is 1. The maximum Gasteiger partial charge on any atom is 0.356 e. The number of nitrogens with zero attached hydrogens (tertiary/aromatic N) is 1. The number of aromatic nitrogens is 1. The van der Waals surface area contributed by atoms with Crippen LogP contribution in [0.1, 0.15) is 36.7 Å². The van der Waals surface area contributed by atoms with Gasteiger partial charge in [-0.05, 0) is 18.6 Å². The highest BCUT2D eigenvalue weighted by Gasteiger charge is 2.25. The summed E-state index contributed by atoms with van der Waals surface area (Å²) in [6.07, 6.45) is 2.51. The van der Waals surface area contributed by atoms with Gasteiger partial charge in [0.25, 0.3) is 0 Å². The topological polar surface area (TPSA) is 123 Å². The number of carbonyl (C=O) groups excluding carboxylic acids is 1. The zero-order valence-electron chi connectivity index (χ0n) is 12.3. The van der Waals surface area contributed by atoms with E-state index in [1.165, 1.54) is 19.2 Å². The van der Waals surface area contributed by atoms with Crippen molar-refractivity contribution in [2.75, 3.05) is 7.11 Å². The van der Waals surface area contributed by atoms with Crippen LogP contribution in [0.3, 0.4) is 0 Å². The van der Waals surface area contributed by atoms with E-state index in [9.17, 15) is 18.0 Å². The molecular formula is C13H18N2O6S. The summed E-state index contributed by atoms with van der Waals surface area (Å²) < 4.78 is 30.8. The van der Waals surface area contributed by atoms with Crippen LogP contribution >= 0.6 is 0 Å². The molecule has 22 heavy (non-hydrogen) atoms. The molecule has 0 saturated carbocycles. The Kier molecular flexibility index (Phi) is 6.44. The molecule has 9 heteroatoms. The third-order valence-corrected chi connectivity index (χ3v) is 4.34. The van der Waals surface area contributed by atoms with Crippen molar-refractivity contribution in [1.29, 1.82) is 0 Å². The Morgan fingerprint density at radius 1 is 1.41 bits per heavy atom. The molecule has 1 heterocycles. The number of nitrogens with one attached hydrogen (secondary N) is 1. The van der Waals surface area contributed by atoms with Crippen LogP contribution in [0, 0.1) is 0 Å². The molecule has 0 amide bonds. The highest BCUT2D eigenvalue weighted by Crippen LogP contribution is 2.11. The fourth-order valence-corrected chi connectivity index (χ4v) is 2.83. The number of rotatable bonds is 8. The van der Waals surface area contributed by atoms with Crippen molar-refractivity contribution in [1.82, 2.24) is 9.71 Å². The second-order valence-electron chi connectivity index (χ2n) is 4.53. The van der Waals surface area contributed by atoms with Crippen LogP contribution in [0.5, 0.6) is 0 Å². The molecule has 1 aromatic rings. The minimum atomic E-state index is -4.03. The Morgan fingerprint density at radius 3 is 2.55 bits per heavy atom. The van der Waals surface area contributed by atoms with E-state index >= 15 is 0 Å². The SMILES string of the molecule is CCCC[C@H](NS(=O)(=O)c1ccc(C(=O)OC)nc1)C(=O)O. The highest BCUT2D eigenvalue weighted by atomic mass is 32.2. The van der Waals surface area contributed by atoms with E-state index in [4.69, 9.17) is 5.11 Å². The van der Waals surface area contributed by atoms with Gasteiger partial charge in [-0.25, -0.2) is 18.2 Å². The number of methoxy groups -OCH3 is 1. The van der Waals surface area contributed by atoms with E-state index in [0.29, 0.717) is 6.42 Å². The number of unbranched alkanes of at least 4 members (excludes halogenated alkanes) is 1. The van der Waals surface area contributed by atoms with Crippen LogP contribution in [-0.4, -0.2) is 43.6 Å². The second-order valence-corrected chi connectivity index (χ2v) is 6.24. The number of carbonyl (C=O) groups is 2. The number of aliphatic carboxylic acids is 1. The smallest absolute Gasteiger partial charge is 0.356 e. The lowest BCUT2D eigenvalue weighted by Crippen LogP contribution is -2.40. The Hall–Kier alpha value is -2.00. The molecule has 122 valence electrons. The fraction of sp³-hybridized carbons (Fsp3) is 0.462. The number of esters is 1. The average molecular weight is 330 g/mol. The second kappa shape index (κ2) is 7.85. The lowest BCUT2D eigenvalue weighted by atomic mass is 10.1. The van der Waals surface area contributed by atoms with Crippen molar-refractivity contribution >= 4 is 22.0 Å². The van der Waals surface area contributed by atoms with Crippen molar-refractivity contribution in [3.63, 3.8) is 0 Å². The molecule has 0 saturated heterocycles. The number of carboxylic acids is 1. The van der Waals surface area contributed by atoms with Crippen molar-refractivity contribution in [3.8, 4) is 0 Å². The molecule has 0 aromatic carbocycles. The molecule has 8 nitrogen and oxygen atoms in total. The molecule has 0 radical (unpaired) electrons. The minimum Gasteiger partial charge on any atom is -0.480 e. The van der Waals surface area contributed by atoms with Crippen molar-refractivity contribution in [2.24, 2.45) is 0 Å². The van der Waals surface area contributed by atoms with Gasteiger partial charge in [0.15, 0.2) is 0 Å². The Morgan fingerprint density at radius 2 is 2.09 bits per heavy atom. The Labute approximate surface area is 128 Å². The summed E-state index contributed by atoms with van der Waals surface area (Å²) >= 11 is 0. The summed E-state index contributed by atoms with van der Waals surface area (Å²) in [6, 6.07) is 1.16. The number of carboxylic acid groups (broad SMARTS) is 1. The zero-order chi connectivity index (χ0) is 16.8. The molecule has 0 aliphatic heterocycles. The summed E-state index contributed by atoms with van der Waals surface area (Å²) in [7, 11) is -2.85. The molecule has 0 aliphatic carbocycles. The first kappa shape index (κ1) is 18.1. The molecule has 0 fully saturated rings. The van der Waals surface area contributed by atoms with Gasteiger partial charge in [0.2, 0.25) is 10.0 Å². The van der Waals surface area contributed by atoms with Crippen LogP contribution < -0.4 is 4.72 Å². The maximum absolute atomic E-state index is 12.1. The molecule has 2 N–H and O–H groups in total. The quantitative estimate of drug-likeness (QED) is 0.675. The predicted octanol–water partition coefficient (Wildman–Crippen LogP) is 0.790. The minimum absolute atomic E-state index is 0.0396. The van der Waals surface area contributed by atoms with Crippen molar-refractivity contribution in [3.05, 3.63) is 24.0 Å². The monoisotopic (exact) mass is 330 g/mol. The van der Waals surface area contributed by atoms with E-state index in [0.717, 1.165) is 12.6 Å². The molecule has 0 bridgehead atoms. The van der Waals surface area contributed by atoms with Crippen LogP contribution in [0.25, 0.3) is 0 Å². The first-order chi connectivity index (χ1) is 10.3. The molecule has 1 aromatic heterocycles. The van der Waals surface area contributed by atoms with E-state index in [1.54, 1.807) is 0 Å². The van der Waals surface area contributed by atoms with Gasteiger partial charge in [-0.15, -0.1) is 0 Å². The lowest BCUT2D eigenvalue weighted by Gasteiger charge is -2.14. The third-order valence-electron chi connectivity index (χ3n) is 2.88. The van der Waals surface area contributed by atoms with Gasteiger partial charge in [-0.3, -0.25) is 4.79 Å². The number of hydrogen-bond acceptors (Lipinski definition) is 6. The lowest BCUT2D eigenvalue weighted by molar-refractivity contribution is -0.139. The Balaban J connectivity index is 2.93. The first-order valence-corrected chi connectivity index (χ1v) is 8.09. The number of sulfonamides is 1. The summed E-state index contributed by atoms with van der Waals surface area (Å²) in [6.45, 7) is 1.88. The molecule has 0 unspecified atom stereocenters. The predicted molar refractivity (Wildman–Crippen MR) is 76.8 cm³/mol. The summed E-state index contributed by atoms with van der Waals surface area (Å²) in [4.78, 5) is 25.8. The van der Waals surface area contributed by atoms with Crippen molar-refractivity contribution in [2.45, 2.75) is 37.1 Å². The van der Waals surface area contributed by atoms with Gasteiger partial charge >= 0.3 is 11.9 Å². The number of hydrogen-bond donors (Lipinski definition) is 2. The van der Waals surface area contributed by atoms with Crippen LogP contribution in [0.4, 0.5) is 0 Å². The molecule has 0 spiro atoms. The van der Waals surface area contributed by atoms with Gasteiger partial charge in [-0.1, -0.05) is 19.8 Å². The van der Waals surface area contributed by atoms with Gasteiger partial charge in [0.05, 0.1) is 7.11 Å². The van der Waals surface area contributed by atoms with E-state index in [-0.39, 0.29) is 17.0 Å². The third kappa shape index (κ3) is 4.78. The Bertz CT molecular complexity index is 626. The van der Waals surface area contributed by atoms with E-state index in [1.807, 2.05) is 6.92 Å². The van der Waals surface area contributed by atoms with Crippen LogP contribution in [0.15, 0.2) is 23.2 Å². The average Bonchev–Trinajstić information content (AvgIpc) is 2.50. The molecule has 1 atom stereocenters. The van der Waals surface area contributed by atoms with E-state index in [2.05, 4.69) is 14.4 Å². The normalized spacial score (nSPS) is 12.6. The summed E-state index contributed by atoms with van der Waals surface area (Å²) in [5.74, 6) is -1.93. The van der Waals surface area contributed by atoms with E-state index < -0.39 is 28.0 Å².